The minimum Gasteiger partial charge on any atom is -0.382 e. The maximum absolute atomic E-state index is 7.60. The molecule has 152 valence electrons. The van der Waals surface area contributed by atoms with E-state index in [4.69, 9.17) is 11.1 Å². The number of amidine groups is 1. The molecular weight excluding hydrogens is 453 g/mol. The van der Waals surface area contributed by atoms with Crippen LogP contribution < -0.4 is 5.73 Å². The Morgan fingerprint density at radius 2 is 1.85 bits per heavy atom. The predicted octanol–water partition coefficient (Wildman–Crippen LogP) is 1.48. The lowest BCUT2D eigenvalue weighted by Crippen LogP contribution is -2.34. The van der Waals surface area contributed by atoms with Crippen molar-refractivity contribution < 1.29 is 0 Å². The van der Waals surface area contributed by atoms with Gasteiger partial charge in [0.05, 0.1) is 5.69 Å². The number of likely N-dealkylation sites (N-methyl/N-ethyl adjacent to an activating group) is 2. The van der Waals surface area contributed by atoms with Crippen molar-refractivity contribution in [1.82, 2.24) is 22.8 Å². The first-order chi connectivity index (χ1) is 12.9. The number of aromatic nitrogens is 1. The van der Waals surface area contributed by atoms with Crippen molar-refractivity contribution >= 4 is 28.7 Å². The molecule has 0 radical (unpaired) electrons. The van der Waals surface area contributed by atoms with Crippen LogP contribution in [-0.2, 0) is 6.54 Å². The van der Waals surface area contributed by atoms with Crippen LogP contribution in [0, 0.1) is 5.41 Å². The van der Waals surface area contributed by atoms with Gasteiger partial charge in [-0.3, -0.25) is 10.3 Å². The normalized spacial score (nSPS) is 19.1. The van der Waals surface area contributed by atoms with E-state index in [0.717, 1.165) is 58.1 Å². The number of hydrogen-bond donors (Lipinski definition) is 2. The Balaban J connectivity index is 1.97. The molecule has 1 aromatic heterocycles. The molecule has 1 aromatic rings. The number of pyridine rings is 1. The molecule has 1 saturated heterocycles. The maximum atomic E-state index is 7.60. The highest BCUT2D eigenvalue weighted by molar-refractivity contribution is 14.1. The van der Waals surface area contributed by atoms with Crippen LogP contribution in [0.2, 0.25) is 0 Å². The molecule has 3 N–H and O–H groups in total. The molecule has 0 unspecified atom stereocenters. The zero-order valence-corrected chi connectivity index (χ0v) is 18.9. The molecule has 0 aliphatic carbocycles. The van der Waals surface area contributed by atoms with Crippen molar-refractivity contribution in [3.8, 4) is 0 Å². The van der Waals surface area contributed by atoms with E-state index in [1.54, 1.807) is 6.07 Å². The van der Waals surface area contributed by atoms with E-state index in [9.17, 15) is 0 Å². The molecule has 27 heavy (non-hydrogen) atoms. The number of halogens is 1. The average molecular weight is 487 g/mol. The third kappa shape index (κ3) is 8.82. The highest BCUT2D eigenvalue weighted by Gasteiger charge is 2.13. The van der Waals surface area contributed by atoms with Crippen LogP contribution in [-0.4, -0.2) is 95.1 Å². The SMILES string of the molecule is CN(I)CCN1CCCN(C)CCN(Cc2cccc(C(=N)N)n2)CCC1. The van der Waals surface area contributed by atoms with E-state index in [0.29, 0.717) is 5.69 Å². The van der Waals surface area contributed by atoms with Gasteiger partial charge in [-0.05, 0) is 65.2 Å². The first kappa shape index (κ1) is 22.5. The summed E-state index contributed by atoms with van der Waals surface area (Å²) >= 11 is 2.36. The standard InChI is InChI=1S/C19H34IN7/c1-24-8-4-9-26(15-13-25(2)20)10-5-11-27(14-12-24)16-17-6-3-7-18(23-17)19(21)22/h3,6-7H,4-5,8-16H2,1-2H3,(H3,21,22). The minimum atomic E-state index is 0.0323. The number of rotatable bonds is 6. The molecule has 1 aliphatic rings. The molecule has 1 aliphatic heterocycles. The Bertz CT molecular complexity index is 581. The maximum Gasteiger partial charge on any atom is 0.141 e. The second-order valence-corrected chi connectivity index (χ2v) is 9.03. The second kappa shape index (κ2) is 11.9. The van der Waals surface area contributed by atoms with E-state index in [1.807, 2.05) is 12.1 Å². The van der Waals surface area contributed by atoms with E-state index in [2.05, 4.69) is 59.8 Å². The van der Waals surface area contributed by atoms with Gasteiger partial charge in [-0.1, -0.05) is 6.07 Å². The van der Waals surface area contributed by atoms with E-state index >= 15 is 0 Å². The smallest absolute Gasteiger partial charge is 0.141 e. The molecule has 2 rings (SSSR count). The van der Waals surface area contributed by atoms with Crippen LogP contribution in [0.15, 0.2) is 18.2 Å². The largest absolute Gasteiger partial charge is 0.382 e. The fourth-order valence-electron chi connectivity index (χ4n) is 3.34. The fourth-order valence-corrected chi connectivity index (χ4v) is 3.55. The lowest BCUT2D eigenvalue weighted by Gasteiger charge is -2.25. The van der Waals surface area contributed by atoms with Gasteiger partial charge in [-0.15, -0.1) is 0 Å². The van der Waals surface area contributed by atoms with Crippen molar-refractivity contribution in [2.24, 2.45) is 5.73 Å². The Morgan fingerprint density at radius 3 is 2.56 bits per heavy atom. The van der Waals surface area contributed by atoms with Crippen LogP contribution in [0.25, 0.3) is 0 Å². The summed E-state index contributed by atoms with van der Waals surface area (Å²) in [6.07, 6.45) is 2.39. The van der Waals surface area contributed by atoms with Crippen molar-refractivity contribution in [3.05, 3.63) is 29.6 Å². The van der Waals surface area contributed by atoms with E-state index < -0.39 is 0 Å². The lowest BCUT2D eigenvalue weighted by molar-refractivity contribution is 0.214. The summed E-state index contributed by atoms with van der Waals surface area (Å²) in [5, 5.41) is 7.60. The van der Waals surface area contributed by atoms with Crippen LogP contribution in [0.4, 0.5) is 0 Å². The van der Waals surface area contributed by atoms with Crippen molar-refractivity contribution in [2.75, 3.05) is 66.5 Å². The topological polar surface area (TPSA) is 75.7 Å². The first-order valence-electron chi connectivity index (χ1n) is 9.74. The summed E-state index contributed by atoms with van der Waals surface area (Å²) in [5.74, 6) is 0.0323. The average Bonchev–Trinajstić information content (AvgIpc) is 2.66. The second-order valence-electron chi connectivity index (χ2n) is 7.38. The van der Waals surface area contributed by atoms with Crippen molar-refractivity contribution in [1.29, 1.82) is 5.41 Å². The molecule has 0 amide bonds. The number of nitrogens with one attached hydrogen (secondary N) is 1. The van der Waals surface area contributed by atoms with Crippen LogP contribution >= 0.6 is 22.9 Å². The summed E-state index contributed by atoms with van der Waals surface area (Å²) < 4.78 is 2.23. The molecule has 0 aromatic carbocycles. The lowest BCUT2D eigenvalue weighted by atomic mass is 10.2. The Hall–Kier alpha value is -0.810. The van der Waals surface area contributed by atoms with Gasteiger partial charge >= 0.3 is 0 Å². The molecule has 0 saturated carbocycles. The quantitative estimate of drug-likeness (QED) is 0.274. The summed E-state index contributed by atoms with van der Waals surface area (Å²) in [6.45, 7) is 9.68. The highest BCUT2D eigenvalue weighted by atomic mass is 127. The monoisotopic (exact) mass is 487 g/mol. The summed E-state index contributed by atoms with van der Waals surface area (Å²) in [4.78, 5) is 12.1. The Kier molecular flexibility index (Phi) is 9.91. The summed E-state index contributed by atoms with van der Waals surface area (Å²) in [6, 6.07) is 5.78. The molecule has 2 heterocycles. The molecule has 0 spiro atoms. The molecular formula is C19H34IN7. The van der Waals surface area contributed by atoms with Crippen LogP contribution in [0.5, 0.6) is 0 Å². The van der Waals surface area contributed by atoms with Gasteiger partial charge in [-0.2, -0.15) is 0 Å². The van der Waals surface area contributed by atoms with Crippen molar-refractivity contribution in [3.63, 3.8) is 0 Å². The molecule has 1 fully saturated rings. The van der Waals surface area contributed by atoms with Gasteiger partial charge in [-0.25, -0.2) is 8.10 Å². The van der Waals surface area contributed by atoms with Crippen LogP contribution in [0.1, 0.15) is 24.2 Å². The summed E-state index contributed by atoms with van der Waals surface area (Å²) in [7, 11) is 4.35. The highest BCUT2D eigenvalue weighted by Crippen LogP contribution is 2.08. The number of nitrogens with zero attached hydrogens (tertiary/aromatic N) is 5. The third-order valence-electron chi connectivity index (χ3n) is 4.95. The van der Waals surface area contributed by atoms with Gasteiger partial charge in [0, 0.05) is 55.6 Å². The van der Waals surface area contributed by atoms with Gasteiger partial charge < -0.3 is 15.5 Å². The molecule has 8 heteroatoms. The number of nitrogen functional groups attached to an aromatic ring is 1. The summed E-state index contributed by atoms with van der Waals surface area (Å²) in [5.41, 5.74) is 7.15. The van der Waals surface area contributed by atoms with Crippen LogP contribution in [0.3, 0.4) is 0 Å². The zero-order chi connectivity index (χ0) is 19.6. The Labute approximate surface area is 177 Å². The van der Waals surface area contributed by atoms with Gasteiger partial charge in [0.2, 0.25) is 0 Å². The van der Waals surface area contributed by atoms with Gasteiger partial charge in [0.25, 0.3) is 0 Å². The number of nitrogens with two attached hydrogens (primary N) is 1. The van der Waals surface area contributed by atoms with Gasteiger partial charge in [0.1, 0.15) is 11.5 Å². The van der Waals surface area contributed by atoms with Gasteiger partial charge in [0.15, 0.2) is 0 Å². The van der Waals surface area contributed by atoms with Crippen molar-refractivity contribution in [2.45, 2.75) is 19.4 Å². The molecule has 0 atom stereocenters. The predicted molar refractivity (Wildman–Crippen MR) is 120 cm³/mol. The Morgan fingerprint density at radius 1 is 1.15 bits per heavy atom. The zero-order valence-electron chi connectivity index (χ0n) is 16.7. The van der Waals surface area contributed by atoms with E-state index in [1.165, 1.54) is 19.4 Å². The fraction of sp³-hybridized carbons (Fsp3) is 0.684. The minimum absolute atomic E-state index is 0.0323. The first-order valence-corrected chi connectivity index (χ1v) is 10.7. The number of hydrogen-bond acceptors (Lipinski definition) is 6. The molecule has 0 bridgehead atoms. The third-order valence-corrected chi connectivity index (χ3v) is 5.44. The molecule has 7 nitrogen and oxygen atoms in total. The van der Waals surface area contributed by atoms with E-state index in [-0.39, 0.29) is 5.84 Å².